The predicted octanol–water partition coefficient (Wildman–Crippen LogP) is 3.56. The van der Waals surface area contributed by atoms with Gasteiger partial charge < -0.3 is 5.11 Å². The van der Waals surface area contributed by atoms with Gasteiger partial charge in [0.2, 0.25) is 15.9 Å². The summed E-state index contributed by atoms with van der Waals surface area (Å²) in [6, 6.07) is 17.1. The fraction of sp³-hybridized carbons (Fsp3) is 0.240. The van der Waals surface area contributed by atoms with Gasteiger partial charge in [0, 0.05) is 19.3 Å². The average molecular weight is 479 g/mol. The van der Waals surface area contributed by atoms with E-state index in [2.05, 4.69) is 4.99 Å². The van der Waals surface area contributed by atoms with E-state index in [0.717, 1.165) is 10.1 Å². The second kappa shape index (κ2) is 10.5. The number of hydrogen-bond acceptors (Lipinski definition) is 6. The van der Waals surface area contributed by atoms with Crippen molar-refractivity contribution in [2.75, 3.05) is 13.1 Å². The number of sulfonamides is 1. The number of benzene rings is 2. The number of aromatic nitrogens is 1. The van der Waals surface area contributed by atoms with Crippen LogP contribution in [-0.4, -0.2) is 41.7 Å². The van der Waals surface area contributed by atoms with E-state index >= 15 is 0 Å². The lowest BCUT2D eigenvalue weighted by Crippen LogP contribution is -2.30. The zero-order valence-corrected chi connectivity index (χ0v) is 20.1. The van der Waals surface area contributed by atoms with Gasteiger partial charge in [0.25, 0.3) is 5.56 Å². The molecule has 1 heterocycles. The average Bonchev–Trinajstić information content (AvgIpc) is 2.83. The highest BCUT2D eigenvalue weighted by molar-refractivity contribution is 7.89. The summed E-state index contributed by atoms with van der Waals surface area (Å²) >= 11 is 0. The lowest BCUT2D eigenvalue weighted by molar-refractivity contribution is 0.413. The van der Waals surface area contributed by atoms with E-state index in [4.69, 9.17) is 0 Å². The molecule has 0 unspecified atom stereocenters. The van der Waals surface area contributed by atoms with Gasteiger partial charge in [-0.3, -0.25) is 14.4 Å². The van der Waals surface area contributed by atoms with Gasteiger partial charge in [0.1, 0.15) is 11.6 Å². The first kappa shape index (κ1) is 24.9. The third kappa shape index (κ3) is 4.93. The van der Waals surface area contributed by atoms with Crippen molar-refractivity contribution >= 4 is 21.9 Å². The topological polar surface area (TPSA) is 116 Å². The van der Waals surface area contributed by atoms with Gasteiger partial charge in [-0.2, -0.15) is 9.57 Å². The highest BCUT2D eigenvalue weighted by Gasteiger charge is 2.21. The first-order valence-corrected chi connectivity index (χ1v) is 12.2. The molecule has 2 aromatic carbocycles. The van der Waals surface area contributed by atoms with Crippen molar-refractivity contribution < 1.29 is 13.5 Å². The highest BCUT2D eigenvalue weighted by Crippen LogP contribution is 2.23. The van der Waals surface area contributed by atoms with E-state index in [9.17, 15) is 23.6 Å². The number of rotatable bonds is 8. The number of aliphatic imine (C=N–C) groups is 1. The molecule has 0 atom stereocenters. The second-order valence-electron chi connectivity index (χ2n) is 7.57. The van der Waals surface area contributed by atoms with Gasteiger partial charge in [0.15, 0.2) is 0 Å². The Morgan fingerprint density at radius 2 is 1.71 bits per heavy atom. The minimum atomic E-state index is -3.58. The van der Waals surface area contributed by atoms with Crippen molar-refractivity contribution in [2.45, 2.75) is 32.2 Å². The van der Waals surface area contributed by atoms with Crippen molar-refractivity contribution in [3.8, 4) is 11.9 Å². The van der Waals surface area contributed by atoms with Gasteiger partial charge >= 0.3 is 0 Å². The van der Waals surface area contributed by atoms with Crippen molar-refractivity contribution in [2.24, 2.45) is 4.99 Å². The molecule has 0 fully saturated rings. The standard InChI is InChI=1S/C25H26N4O4S/c1-4-28(5-2)34(32,33)21-13-11-20(12-14-21)27-16-23-18(3)22(15-26)24(30)29(25(23)31)17-19-9-7-6-8-10-19/h6-14,16,31H,4-5,17H2,1-3H3. The Bertz CT molecular complexity index is 1400. The normalized spacial score (nSPS) is 11.7. The summed E-state index contributed by atoms with van der Waals surface area (Å²) in [4.78, 5) is 17.3. The summed E-state index contributed by atoms with van der Waals surface area (Å²) in [6.45, 7) is 5.98. The Hall–Kier alpha value is -3.74. The Morgan fingerprint density at radius 1 is 1.09 bits per heavy atom. The molecule has 1 aromatic heterocycles. The highest BCUT2D eigenvalue weighted by atomic mass is 32.2. The number of aromatic hydroxyl groups is 1. The molecular weight excluding hydrogens is 452 g/mol. The molecule has 9 heteroatoms. The molecule has 1 N–H and O–H groups in total. The molecule has 0 bridgehead atoms. The van der Waals surface area contributed by atoms with E-state index < -0.39 is 15.6 Å². The maximum absolute atomic E-state index is 12.8. The Labute approximate surface area is 199 Å². The van der Waals surface area contributed by atoms with Crippen molar-refractivity contribution in [3.63, 3.8) is 0 Å². The number of nitrogens with zero attached hydrogens (tertiary/aromatic N) is 4. The Kier molecular flexibility index (Phi) is 7.66. The number of nitriles is 1. The van der Waals surface area contributed by atoms with E-state index in [1.807, 2.05) is 36.4 Å². The second-order valence-corrected chi connectivity index (χ2v) is 9.51. The van der Waals surface area contributed by atoms with Gasteiger partial charge in [-0.05, 0) is 42.3 Å². The van der Waals surface area contributed by atoms with Crippen LogP contribution in [0.1, 0.15) is 36.1 Å². The van der Waals surface area contributed by atoms with Crippen LogP contribution in [0.4, 0.5) is 5.69 Å². The van der Waals surface area contributed by atoms with Crippen LogP contribution in [0.15, 0.2) is 69.3 Å². The Morgan fingerprint density at radius 3 is 2.26 bits per heavy atom. The number of hydrogen-bond donors (Lipinski definition) is 1. The molecule has 3 aromatic rings. The van der Waals surface area contributed by atoms with E-state index in [1.165, 1.54) is 22.7 Å². The zero-order valence-electron chi connectivity index (χ0n) is 19.3. The molecule has 0 saturated carbocycles. The van der Waals surface area contributed by atoms with E-state index in [-0.39, 0.29) is 28.4 Å². The minimum Gasteiger partial charge on any atom is -0.494 e. The number of pyridine rings is 1. The maximum Gasteiger partial charge on any atom is 0.271 e. The van der Waals surface area contributed by atoms with Gasteiger partial charge in [-0.25, -0.2) is 8.42 Å². The molecular formula is C25H26N4O4S. The van der Waals surface area contributed by atoms with Crippen LogP contribution in [0.5, 0.6) is 5.88 Å². The third-order valence-corrected chi connectivity index (χ3v) is 7.62. The summed E-state index contributed by atoms with van der Waals surface area (Å²) in [5.74, 6) is -0.296. The van der Waals surface area contributed by atoms with Crippen LogP contribution < -0.4 is 5.56 Å². The van der Waals surface area contributed by atoms with Crippen LogP contribution in [-0.2, 0) is 16.6 Å². The largest absolute Gasteiger partial charge is 0.494 e. The first-order chi connectivity index (χ1) is 16.2. The fourth-order valence-electron chi connectivity index (χ4n) is 3.59. The monoisotopic (exact) mass is 478 g/mol. The van der Waals surface area contributed by atoms with Crippen LogP contribution in [0.25, 0.3) is 0 Å². The zero-order chi connectivity index (χ0) is 24.9. The van der Waals surface area contributed by atoms with Crippen LogP contribution in [0, 0.1) is 18.3 Å². The summed E-state index contributed by atoms with van der Waals surface area (Å²) in [5.41, 5.74) is 1.16. The molecule has 0 saturated heterocycles. The van der Waals surface area contributed by atoms with Crippen molar-refractivity contribution in [1.82, 2.24) is 8.87 Å². The minimum absolute atomic E-state index is 0.0733. The molecule has 3 rings (SSSR count). The maximum atomic E-state index is 12.8. The molecule has 34 heavy (non-hydrogen) atoms. The molecule has 0 aliphatic heterocycles. The molecule has 0 amide bonds. The fourth-order valence-corrected chi connectivity index (χ4v) is 5.05. The SMILES string of the molecule is CCN(CC)S(=O)(=O)c1ccc(N=Cc2c(C)c(C#N)c(=O)n(Cc3ccccc3)c2O)cc1. The third-order valence-electron chi connectivity index (χ3n) is 5.55. The summed E-state index contributed by atoms with van der Waals surface area (Å²) in [5, 5.41) is 20.4. The van der Waals surface area contributed by atoms with E-state index in [1.54, 1.807) is 32.9 Å². The van der Waals surface area contributed by atoms with Gasteiger partial charge in [-0.1, -0.05) is 44.2 Å². The summed E-state index contributed by atoms with van der Waals surface area (Å²) < 4.78 is 27.8. The quantitative estimate of drug-likeness (QED) is 0.497. The predicted molar refractivity (Wildman–Crippen MR) is 131 cm³/mol. The van der Waals surface area contributed by atoms with E-state index in [0.29, 0.717) is 24.3 Å². The summed E-state index contributed by atoms with van der Waals surface area (Å²) in [7, 11) is -3.58. The van der Waals surface area contributed by atoms with Crippen molar-refractivity contribution in [1.29, 1.82) is 5.26 Å². The van der Waals surface area contributed by atoms with Crippen molar-refractivity contribution in [3.05, 3.63) is 87.2 Å². The lowest BCUT2D eigenvalue weighted by atomic mass is 10.1. The Balaban J connectivity index is 1.99. The molecule has 0 spiro atoms. The van der Waals surface area contributed by atoms with Gasteiger partial charge in [0.05, 0.1) is 22.7 Å². The molecule has 176 valence electrons. The molecule has 0 aliphatic carbocycles. The lowest BCUT2D eigenvalue weighted by Gasteiger charge is -2.18. The van der Waals surface area contributed by atoms with Crippen LogP contribution in [0.3, 0.4) is 0 Å². The smallest absolute Gasteiger partial charge is 0.271 e. The summed E-state index contributed by atoms with van der Waals surface area (Å²) in [6.07, 6.45) is 1.38. The van der Waals surface area contributed by atoms with Crippen LogP contribution >= 0.6 is 0 Å². The molecule has 0 radical (unpaired) electrons. The molecule has 8 nitrogen and oxygen atoms in total. The van der Waals surface area contributed by atoms with Crippen LogP contribution in [0.2, 0.25) is 0 Å². The first-order valence-electron chi connectivity index (χ1n) is 10.8. The van der Waals surface area contributed by atoms with Gasteiger partial charge in [-0.15, -0.1) is 0 Å². The molecule has 0 aliphatic rings.